The zero-order valence-corrected chi connectivity index (χ0v) is 13.3. The second-order valence-corrected chi connectivity index (χ2v) is 7.43. The van der Waals surface area contributed by atoms with Crippen LogP contribution in [0.3, 0.4) is 0 Å². The number of hydrogen-bond acceptors (Lipinski definition) is 5. The molecule has 1 aliphatic rings. The van der Waals surface area contributed by atoms with E-state index >= 15 is 0 Å². The zero-order valence-electron chi connectivity index (χ0n) is 11.7. The van der Waals surface area contributed by atoms with E-state index < -0.39 is 0 Å². The number of nitrogens with zero attached hydrogens (tertiary/aromatic N) is 2. The van der Waals surface area contributed by atoms with Gasteiger partial charge in [0.15, 0.2) is 5.16 Å². The lowest BCUT2D eigenvalue weighted by molar-refractivity contribution is 0.0669. The Morgan fingerprint density at radius 1 is 1.50 bits per heavy atom. The molecular weight excluding hydrogens is 292 g/mol. The van der Waals surface area contributed by atoms with E-state index in [1.165, 1.54) is 11.3 Å². The molecule has 6 heteroatoms. The molecule has 2 aromatic heterocycles. The molecule has 0 amide bonds. The van der Waals surface area contributed by atoms with Crippen LogP contribution in [0, 0.1) is 5.92 Å². The molecule has 0 spiro atoms. The molecule has 0 aromatic carbocycles. The minimum atomic E-state index is 0.0617. The summed E-state index contributed by atoms with van der Waals surface area (Å²) in [5.74, 6) is 0.642. The Hall–Kier alpha value is -0.850. The third-order valence-electron chi connectivity index (χ3n) is 3.87. The van der Waals surface area contributed by atoms with Gasteiger partial charge in [-0.25, -0.2) is 4.98 Å². The van der Waals surface area contributed by atoms with E-state index in [2.05, 4.69) is 11.9 Å². The van der Waals surface area contributed by atoms with Crippen LogP contribution in [-0.2, 0) is 11.8 Å². The van der Waals surface area contributed by atoms with Crippen LogP contribution in [0.4, 0.5) is 0 Å². The Bertz CT molecular complexity index is 659. The van der Waals surface area contributed by atoms with Crippen LogP contribution in [0.5, 0.6) is 0 Å². The highest BCUT2D eigenvalue weighted by molar-refractivity contribution is 7.99. The van der Waals surface area contributed by atoms with Crippen molar-refractivity contribution in [3.63, 3.8) is 0 Å². The maximum absolute atomic E-state index is 12.3. The standard InChI is InChI=1S/C14H18N2O2S2/c1-9(10-3-6-18-7-4-10)20-14-15-11-5-8-19-12(11)13(17)16(14)2/h5,8-10H,3-4,6-7H2,1-2H3/t9-/m1/s1. The van der Waals surface area contributed by atoms with Crippen molar-refractivity contribution in [2.24, 2.45) is 13.0 Å². The highest BCUT2D eigenvalue weighted by Crippen LogP contribution is 2.32. The van der Waals surface area contributed by atoms with Crippen LogP contribution in [0.25, 0.3) is 10.2 Å². The molecule has 1 fully saturated rings. The van der Waals surface area contributed by atoms with Crippen LogP contribution >= 0.6 is 23.1 Å². The number of thiophene rings is 1. The Morgan fingerprint density at radius 2 is 2.25 bits per heavy atom. The summed E-state index contributed by atoms with van der Waals surface area (Å²) in [6, 6.07) is 1.92. The summed E-state index contributed by atoms with van der Waals surface area (Å²) in [7, 11) is 1.81. The van der Waals surface area contributed by atoms with E-state index in [1.54, 1.807) is 16.3 Å². The van der Waals surface area contributed by atoms with Crippen molar-refractivity contribution in [1.82, 2.24) is 9.55 Å². The van der Waals surface area contributed by atoms with Crippen molar-refractivity contribution < 1.29 is 4.74 Å². The van der Waals surface area contributed by atoms with Crippen molar-refractivity contribution in [3.05, 3.63) is 21.8 Å². The quantitative estimate of drug-likeness (QED) is 0.646. The summed E-state index contributed by atoms with van der Waals surface area (Å²) in [5.41, 5.74) is 0.881. The fourth-order valence-corrected chi connectivity index (χ4v) is 4.52. The van der Waals surface area contributed by atoms with E-state index in [-0.39, 0.29) is 5.56 Å². The molecule has 3 heterocycles. The molecule has 0 aliphatic carbocycles. The third kappa shape index (κ3) is 2.64. The molecule has 0 unspecified atom stereocenters. The molecule has 108 valence electrons. The number of ether oxygens (including phenoxy) is 1. The lowest BCUT2D eigenvalue weighted by Gasteiger charge is -2.27. The molecule has 1 saturated heterocycles. The van der Waals surface area contributed by atoms with Gasteiger partial charge in [-0.2, -0.15) is 0 Å². The molecule has 4 nitrogen and oxygen atoms in total. The smallest absolute Gasteiger partial charge is 0.271 e. The van der Waals surface area contributed by atoms with E-state index in [9.17, 15) is 4.79 Å². The molecular formula is C14H18N2O2S2. The summed E-state index contributed by atoms with van der Waals surface area (Å²) >= 11 is 3.17. The number of fused-ring (bicyclic) bond motifs is 1. The van der Waals surface area contributed by atoms with Gasteiger partial charge in [0, 0.05) is 25.5 Å². The van der Waals surface area contributed by atoms with Gasteiger partial charge in [0.1, 0.15) is 4.70 Å². The normalized spacial score (nSPS) is 18.5. The Labute approximate surface area is 126 Å². The second-order valence-electron chi connectivity index (χ2n) is 5.17. The highest BCUT2D eigenvalue weighted by atomic mass is 32.2. The van der Waals surface area contributed by atoms with Crippen LogP contribution in [0.1, 0.15) is 19.8 Å². The number of rotatable bonds is 3. The van der Waals surface area contributed by atoms with E-state index in [1.807, 2.05) is 18.5 Å². The lowest BCUT2D eigenvalue weighted by atomic mass is 9.97. The first-order valence-electron chi connectivity index (χ1n) is 6.85. The largest absolute Gasteiger partial charge is 0.381 e. The summed E-state index contributed by atoms with van der Waals surface area (Å²) in [4.78, 5) is 16.9. The minimum Gasteiger partial charge on any atom is -0.381 e. The van der Waals surface area contributed by atoms with Crippen LogP contribution < -0.4 is 5.56 Å². The Morgan fingerprint density at radius 3 is 3.00 bits per heavy atom. The van der Waals surface area contributed by atoms with Crippen molar-refractivity contribution in [2.45, 2.75) is 30.2 Å². The van der Waals surface area contributed by atoms with Crippen LogP contribution in [0.2, 0.25) is 0 Å². The first-order valence-corrected chi connectivity index (χ1v) is 8.61. The van der Waals surface area contributed by atoms with Crippen molar-refractivity contribution in [2.75, 3.05) is 13.2 Å². The molecule has 0 radical (unpaired) electrons. The Kier molecular flexibility index (Phi) is 4.14. The number of hydrogen-bond donors (Lipinski definition) is 0. The first-order chi connectivity index (χ1) is 9.66. The fourth-order valence-electron chi connectivity index (χ4n) is 2.52. The van der Waals surface area contributed by atoms with Gasteiger partial charge in [-0.1, -0.05) is 18.7 Å². The monoisotopic (exact) mass is 310 g/mol. The van der Waals surface area contributed by atoms with Gasteiger partial charge in [0.05, 0.1) is 5.52 Å². The van der Waals surface area contributed by atoms with Gasteiger partial charge in [0.25, 0.3) is 5.56 Å². The fraction of sp³-hybridized carbons (Fsp3) is 0.571. The molecule has 0 N–H and O–H groups in total. The van der Waals surface area contributed by atoms with E-state index in [0.29, 0.717) is 11.2 Å². The predicted molar refractivity (Wildman–Crippen MR) is 83.7 cm³/mol. The van der Waals surface area contributed by atoms with Crippen molar-refractivity contribution in [3.8, 4) is 0 Å². The molecule has 2 aromatic rings. The summed E-state index contributed by atoms with van der Waals surface area (Å²) < 4.78 is 7.84. The SMILES string of the molecule is C[C@@H](Sc1nc2ccsc2c(=O)n1C)C1CCOCC1. The Balaban J connectivity index is 1.86. The summed E-state index contributed by atoms with van der Waals surface area (Å²) in [6.07, 6.45) is 2.20. The summed E-state index contributed by atoms with van der Waals surface area (Å²) in [6.45, 7) is 3.93. The molecule has 1 atom stereocenters. The predicted octanol–water partition coefficient (Wildman–Crippen LogP) is 2.90. The average molecular weight is 310 g/mol. The third-order valence-corrected chi connectivity index (χ3v) is 6.09. The lowest BCUT2D eigenvalue weighted by Crippen LogP contribution is -2.25. The molecule has 1 aliphatic heterocycles. The van der Waals surface area contributed by atoms with Gasteiger partial charge >= 0.3 is 0 Å². The highest BCUT2D eigenvalue weighted by Gasteiger charge is 2.23. The molecule has 3 rings (SSSR count). The van der Waals surface area contributed by atoms with Crippen molar-refractivity contribution in [1.29, 1.82) is 0 Å². The average Bonchev–Trinajstić information content (AvgIpc) is 2.93. The van der Waals surface area contributed by atoms with E-state index in [0.717, 1.165) is 41.4 Å². The van der Waals surface area contributed by atoms with Gasteiger partial charge in [-0.05, 0) is 30.2 Å². The molecule has 0 bridgehead atoms. The topological polar surface area (TPSA) is 44.1 Å². The second kappa shape index (κ2) is 5.87. The van der Waals surface area contributed by atoms with Crippen molar-refractivity contribution >= 4 is 33.3 Å². The van der Waals surface area contributed by atoms with E-state index in [4.69, 9.17) is 4.74 Å². The van der Waals surface area contributed by atoms with Gasteiger partial charge in [-0.15, -0.1) is 11.3 Å². The zero-order chi connectivity index (χ0) is 14.1. The first kappa shape index (κ1) is 14.1. The molecule has 20 heavy (non-hydrogen) atoms. The minimum absolute atomic E-state index is 0.0617. The van der Waals surface area contributed by atoms with Gasteiger partial charge in [0.2, 0.25) is 0 Å². The van der Waals surface area contributed by atoms with Gasteiger partial charge < -0.3 is 4.74 Å². The van der Waals surface area contributed by atoms with Crippen LogP contribution in [-0.4, -0.2) is 28.0 Å². The summed E-state index contributed by atoms with van der Waals surface area (Å²) in [5, 5.41) is 3.20. The maximum Gasteiger partial charge on any atom is 0.271 e. The van der Waals surface area contributed by atoms with Gasteiger partial charge in [-0.3, -0.25) is 9.36 Å². The number of thioether (sulfide) groups is 1. The molecule has 0 saturated carbocycles. The number of aromatic nitrogens is 2. The maximum atomic E-state index is 12.3. The van der Waals surface area contributed by atoms with Crippen LogP contribution in [0.15, 0.2) is 21.4 Å².